The minimum Gasteiger partial charge on any atom is -0.328 e. The van der Waals surface area contributed by atoms with Gasteiger partial charge in [-0.15, -0.1) is 0 Å². The Morgan fingerprint density at radius 2 is 1.71 bits per heavy atom. The molecule has 4 heteroatoms. The average Bonchev–Trinajstić information content (AvgIpc) is 2.34. The molecule has 1 rings (SSSR count). The Balaban J connectivity index is 2.91. The van der Waals surface area contributed by atoms with Gasteiger partial charge in [-0.2, -0.15) is 0 Å². The number of hydrogen-bond acceptors (Lipinski definition) is 3. The highest BCUT2D eigenvalue weighted by Crippen LogP contribution is 2.25. The van der Waals surface area contributed by atoms with Crippen LogP contribution in [-0.4, -0.2) is 29.3 Å². The highest BCUT2D eigenvalue weighted by atomic mass is 16.2. The Morgan fingerprint density at radius 3 is 2.00 bits per heavy atom. The van der Waals surface area contributed by atoms with Gasteiger partial charge in [0.2, 0.25) is 0 Å². The van der Waals surface area contributed by atoms with Crippen molar-refractivity contribution >= 4 is 11.8 Å². The normalized spacial score (nSPS) is 19.3. The fraction of sp³-hybridized carbons (Fsp3) is 0.600. The van der Waals surface area contributed by atoms with Gasteiger partial charge in [0.05, 0.1) is 6.04 Å². The van der Waals surface area contributed by atoms with Gasteiger partial charge >= 0.3 is 0 Å². The van der Waals surface area contributed by atoms with Gasteiger partial charge in [0.1, 0.15) is 0 Å². The molecule has 78 valence electrons. The van der Waals surface area contributed by atoms with Crippen molar-refractivity contribution in [2.75, 3.05) is 6.54 Å². The van der Waals surface area contributed by atoms with Crippen LogP contribution in [0.25, 0.3) is 0 Å². The molecule has 0 saturated heterocycles. The summed E-state index contributed by atoms with van der Waals surface area (Å²) in [5.74, 6) is -0.527. The number of rotatable bonds is 2. The molecule has 2 N–H and O–H groups in total. The molecule has 1 heterocycles. The summed E-state index contributed by atoms with van der Waals surface area (Å²) in [6.45, 7) is 6.18. The first-order valence-corrected chi connectivity index (χ1v) is 4.63. The Hall–Kier alpha value is -1.16. The predicted octanol–water partition coefficient (Wildman–Crippen LogP) is 0.285. The summed E-state index contributed by atoms with van der Waals surface area (Å²) in [5.41, 5.74) is 5.40. The lowest BCUT2D eigenvalue weighted by molar-refractivity contribution is -0.141. The van der Waals surface area contributed by atoms with Crippen LogP contribution in [0.3, 0.4) is 0 Å². The van der Waals surface area contributed by atoms with Crippen molar-refractivity contribution in [1.82, 2.24) is 4.90 Å². The van der Waals surface area contributed by atoms with Crippen molar-refractivity contribution in [3.05, 3.63) is 12.2 Å². The smallest absolute Gasteiger partial charge is 0.253 e. The zero-order valence-electron chi connectivity index (χ0n) is 8.78. The zero-order chi connectivity index (χ0) is 10.9. The summed E-state index contributed by atoms with van der Waals surface area (Å²) in [6, 6.07) is -0.238. The minimum absolute atomic E-state index is 0.188. The van der Waals surface area contributed by atoms with Crippen LogP contribution in [0.4, 0.5) is 0 Å². The van der Waals surface area contributed by atoms with Crippen LogP contribution in [0.2, 0.25) is 0 Å². The van der Waals surface area contributed by atoms with Gasteiger partial charge in [0.25, 0.3) is 11.8 Å². The number of nitrogens with zero attached hydrogens (tertiary/aromatic N) is 1. The van der Waals surface area contributed by atoms with Crippen molar-refractivity contribution in [1.29, 1.82) is 0 Å². The second-order valence-electron chi connectivity index (χ2n) is 4.50. The van der Waals surface area contributed by atoms with Crippen LogP contribution in [0.1, 0.15) is 20.8 Å². The number of hydrogen-bond donors (Lipinski definition) is 1. The fourth-order valence-corrected chi connectivity index (χ4v) is 1.57. The van der Waals surface area contributed by atoms with Gasteiger partial charge in [-0.25, -0.2) is 0 Å². The maximum atomic E-state index is 11.4. The summed E-state index contributed by atoms with van der Waals surface area (Å²) >= 11 is 0. The van der Waals surface area contributed by atoms with E-state index in [4.69, 9.17) is 5.73 Å². The molecule has 0 saturated carbocycles. The molecule has 0 aliphatic carbocycles. The second kappa shape index (κ2) is 3.53. The number of carbonyl (C=O) groups is 2. The van der Waals surface area contributed by atoms with E-state index < -0.39 is 0 Å². The molecule has 1 atom stereocenters. The number of imide groups is 1. The van der Waals surface area contributed by atoms with E-state index in [9.17, 15) is 9.59 Å². The largest absolute Gasteiger partial charge is 0.328 e. The first-order chi connectivity index (χ1) is 6.38. The minimum atomic E-state index is -0.264. The van der Waals surface area contributed by atoms with Crippen LogP contribution in [0.15, 0.2) is 12.2 Å². The van der Waals surface area contributed by atoms with E-state index in [2.05, 4.69) is 0 Å². The van der Waals surface area contributed by atoms with Crippen molar-refractivity contribution in [3.63, 3.8) is 0 Å². The van der Waals surface area contributed by atoms with Crippen molar-refractivity contribution in [2.24, 2.45) is 11.1 Å². The number of amides is 2. The number of nitrogens with two attached hydrogens (primary N) is 1. The highest BCUT2D eigenvalue weighted by Gasteiger charge is 2.37. The second-order valence-corrected chi connectivity index (χ2v) is 4.50. The van der Waals surface area contributed by atoms with Crippen LogP contribution >= 0.6 is 0 Å². The molecule has 1 aliphatic rings. The summed E-state index contributed by atoms with van der Waals surface area (Å²) in [7, 11) is 0. The van der Waals surface area contributed by atoms with Gasteiger partial charge in [-0.3, -0.25) is 14.5 Å². The van der Waals surface area contributed by atoms with E-state index in [0.717, 1.165) is 0 Å². The third-order valence-corrected chi connectivity index (χ3v) is 2.38. The third-order valence-electron chi connectivity index (χ3n) is 2.38. The highest BCUT2D eigenvalue weighted by molar-refractivity contribution is 6.13. The molecular formula is C10H16N2O2. The predicted molar refractivity (Wildman–Crippen MR) is 53.3 cm³/mol. The lowest BCUT2D eigenvalue weighted by atomic mass is 9.85. The van der Waals surface area contributed by atoms with Gasteiger partial charge < -0.3 is 5.73 Å². The summed E-state index contributed by atoms with van der Waals surface area (Å²) in [6.07, 6.45) is 2.58. The molecule has 4 nitrogen and oxygen atoms in total. The maximum Gasteiger partial charge on any atom is 0.253 e. The summed E-state index contributed by atoms with van der Waals surface area (Å²) in [4.78, 5) is 24.0. The van der Waals surface area contributed by atoms with Crippen LogP contribution in [0, 0.1) is 5.41 Å². The third kappa shape index (κ3) is 1.85. The van der Waals surface area contributed by atoms with E-state index >= 15 is 0 Å². The Morgan fingerprint density at radius 1 is 1.29 bits per heavy atom. The molecule has 0 spiro atoms. The molecule has 14 heavy (non-hydrogen) atoms. The van der Waals surface area contributed by atoms with Crippen molar-refractivity contribution in [2.45, 2.75) is 26.8 Å². The van der Waals surface area contributed by atoms with Crippen molar-refractivity contribution in [3.8, 4) is 0 Å². The van der Waals surface area contributed by atoms with E-state index in [0.29, 0.717) is 6.54 Å². The lowest BCUT2D eigenvalue weighted by Crippen LogP contribution is -2.51. The Bertz CT molecular complexity index is 271. The van der Waals surface area contributed by atoms with E-state index in [-0.39, 0.29) is 23.3 Å². The molecular weight excluding hydrogens is 180 g/mol. The molecule has 0 radical (unpaired) electrons. The first-order valence-electron chi connectivity index (χ1n) is 4.63. The monoisotopic (exact) mass is 196 g/mol. The lowest BCUT2D eigenvalue weighted by Gasteiger charge is -2.35. The van der Waals surface area contributed by atoms with E-state index in [1.807, 2.05) is 20.8 Å². The Kier molecular flexibility index (Phi) is 2.76. The average molecular weight is 196 g/mol. The zero-order valence-corrected chi connectivity index (χ0v) is 8.78. The van der Waals surface area contributed by atoms with Gasteiger partial charge in [-0.05, 0) is 5.41 Å². The molecule has 0 aromatic heterocycles. The maximum absolute atomic E-state index is 11.4. The summed E-state index contributed by atoms with van der Waals surface area (Å²) in [5, 5.41) is 0. The SMILES string of the molecule is CC(C)(C)C(CN)N1C(=O)C=CC1=O. The van der Waals surface area contributed by atoms with Crippen LogP contribution < -0.4 is 5.73 Å². The molecule has 2 amide bonds. The molecule has 0 fully saturated rings. The molecule has 0 bridgehead atoms. The van der Waals surface area contributed by atoms with Crippen molar-refractivity contribution < 1.29 is 9.59 Å². The standard InChI is InChI=1S/C10H16N2O2/c1-10(2,3)7(6-11)12-8(13)4-5-9(12)14/h4-5,7H,6,11H2,1-3H3. The van der Waals surface area contributed by atoms with Crippen LogP contribution in [0.5, 0.6) is 0 Å². The topological polar surface area (TPSA) is 63.4 Å². The van der Waals surface area contributed by atoms with Gasteiger partial charge in [0.15, 0.2) is 0 Å². The molecule has 1 aliphatic heterocycles. The van der Waals surface area contributed by atoms with E-state index in [1.54, 1.807) is 0 Å². The van der Waals surface area contributed by atoms with Crippen LogP contribution in [-0.2, 0) is 9.59 Å². The quantitative estimate of drug-likeness (QED) is 0.645. The number of carbonyl (C=O) groups excluding carboxylic acids is 2. The molecule has 0 aromatic rings. The fourth-order valence-electron chi connectivity index (χ4n) is 1.57. The molecule has 0 aromatic carbocycles. The van der Waals surface area contributed by atoms with E-state index in [1.165, 1.54) is 17.1 Å². The molecule has 1 unspecified atom stereocenters. The first kappa shape index (κ1) is 10.9. The summed E-state index contributed by atoms with van der Waals surface area (Å²) < 4.78 is 0. The Labute approximate surface area is 83.8 Å². The van der Waals surface area contributed by atoms with Gasteiger partial charge in [0, 0.05) is 18.7 Å². The van der Waals surface area contributed by atoms with Gasteiger partial charge in [-0.1, -0.05) is 20.8 Å².